The fourth-order valence-electron chi connectivity index (χ4n) is 2.68. The van der Waals surface area contributed by atoms with Gasteiger partial charge in [0.25, 0.3) is 0 Å². The number of thioether (sulfide) groups is 1. The molecule has 0 spiro atoms. The monoisotopic (exact) mass is 577 g/mol. The van der Waals surface area contributed by atoms with E-state index in [0.29, 0.717) is 15.9 Å². The molecule has 9 heteroatoms. The summed E-state index contributed by atoms with van der Waals surface area (Å²) in [4.78, 5) is 26.1. The van der Waals surface area contributed by atoms with Crippen LogP contribution in [0.3, 0.4) is 0 Å². The van der Waals surface area contributed by atoms with Crippen molar-refractivity contribution in [3.63, 3.8) is 0 Å². The van der Waals surface area contributed by atoms with Crippen LogP contribution in [-0.2, 0) is 23.8 Å². The van der Waals surface area contributed by atoms with Crippen molar-refractivity contribution in [1.82, 2.24) is 10.2 Å². The van der Waals surface area contributed by atoms with Crippen molar-refractivity contribution in [1.29, 1.82) is 0 Å². The van der Waals surface area contributed by atoms with Gasteiger partial charge in [0.1, 0.15) is 6.04 Å². The fraction of sp³-hybridized carbons (Fsp3) is 0.833. The molecule has 0 bridgehead atoms. The van der Waals surface area contributed by atoms with E-state index in [-0.39, 0.29) is 23.3 Å². The number of carbonyl (C=O) groups is 2. The Hall–Kier alpha value is 1.29. The van der Waals surface area contributed by atoms with Crippen molar-refractivity contribution < 1.29 is 23.8 Å². The van der Waals surface area contributed by atoms with Crippen LogP contribution >= 0.6 is 51.7 Å². The van der Waals surface area contributed by atoms with Crippen LogP contribution in [-0.4, -0.2) is 54.1 Å². The maximum absolute atomic E-state index is 12.5. The molecule has 2 heterocycles. The van der Waals surface area contributed by atoms with Gasteiger partial charge in [0.2, 0.25) is 5.91 Å². The topological polar surface area (TPSA) is 58.6 Å². The molecule has 2 rings (SSSR count). The second-order valence-electron chi connectivity index (χ2n) is 4.73. The van der Waals surface area contributed by atoms with E-state index >= 15 is 0 Å². The number of likely N-dealkylation sites (N-methyl/N-ethyl adjacent to an activating group) is 1. The number of nitrogens with zero attached hydrogens (tertiary/aromatic N) is 1. The van der Waals surface area contributed by atoms with Gasteiger partial charge in [-0.3, -0.25) is 4.79 Å². The molecule has 2 aliphatic heterocycles. The Morgan fingerprint density at radius 2 is 2.10 bits per heavy atom. The van der Waals surface area contributed by atoms with Crippen LogP contribution in [0.2, 0.25) is 0 Å². The van der Waals surface area contributed by atoms with Crippen LogP contribution in [0.25, 0.3) is 0 Å². The zero-order chi connectivity index (χ0) is 15.8. The van der Waals surface area contributed by atoms with Gasteiger partial charge >= 0.3 is 55.4 Å². The number of hydrogen-bond acceptors (Lipinski definition) is 5. The summed E-state index contributed by atoms with van der Waals surface area (Å²) < 4.78 is 4.83. The summed E-state index contributed by atoms with van der Waals surface area (Å²) in [5, 5.41) is 3.18. The number of esters is 1. The van der Waals surface area contributed by atoms with Gasteiger partial charge in [-0.1, -0.05) is 0 Å². The number of rotatable bonds is 2. The Bertz CT molecular complexity index is 365. The third-order valence-electron chi connectivity index (χ3n) is 3.67. The van der Waals surface area contributed by atoms with Crippen LogP contribution in [0.1, 0.15) is 25.7 Å². The number of halogens is 2. The fourth-order valence-corrected chi connectivity index (χ4v) is 4.07. The number of ether oxygens (including phenoxy) is 1. The first-order chi connectivity index (χ1) is 10.1. The number of piperidine rings is 1. The van der Waals surface area contributed by atoms with E-state index in [0.717, 1.165) is 25.0 Å². The van der Waals surface area contributed by atoms with Crippen LogP contribution in [0.15, 0.2) is 0 Å². The van der Waals surface area contributed by atoms with Crippen molar-refractivity contribution in [3.8, 4) is 0 Å². The quantitative estimate of drug-likeness (QED) is 0.404. The molecule has 21 heavy (non-hydrogen) atoms. The summed E-state index contributed by atoms with van der Waals surface area (Å²) in [6, 6.07) is -0.574. The van der Waals surface area contributed by atoms with Crippen molar-refractivity contribution in [2.45, 2.75) is 43.1 Å². The van der Waals surface area contributed by atoms with Crippen molar-refractivity contribution in [2.75, 3.05) is 19.9 Å². The Balaban J connectivity index is 0.000000677. The second-order valence-corrected chi connectivity index (χ2v) is 17.8. The predicted molar refractivity (Wildman–Crippen MR) is 98.3 cm³/mol. The second kappa shape index (κ2) is 11.0. The number of hydrogen-bond donors (Lipinski definition) is 1. The van der Waals surface area contributed by atoms with E-state index < -0.39 is 6.04 Å². The van der Waals surface area contributed by atoms with E-state index in [1.807, 2.05) is 0 Å². The summed E-state index contributed by atoms with van der Waals surface area (Å²) in [6.07, 6.45) is 3.48. The van der Waals surface area contributed by atoms with Gasteiger partial charge in [0, 0.05) is 0 Å². The SMILES string of the molecule is CN[C@H]1CCSC2CCCC(C(=O)OC)N2C1=O.[I][V][I]. The molecule has 1 N–H and O–H groups in total. The van der Waals surface area contributed by atoms with Gasteiger partial charge in [0.15, 0.2) is 0 Å². The Morgan fingerprint density at radius 3 is 2.67 bits per heavy atom. The van der Waals surface area contributed by atoms with Crippen molar-refractivity contribution in [3.05, 3.63) is 0 Å². The van der Waals surface area contributed by atoms with Crippen LogP contribution < -0.4 is 5.32 Å². The average Bonchev–Trinajstić information content (AvgIpc) is 2.66. The van der Waals surface area contributed by atoms with Crippen LogP contribution in [0, 0.1) is 0 Å². The molecular formula is C12H20I2N2O3SV. The summed E-state index contributed by atoms with van der Waals surface area (Å²) in [7, 11) is 3.81. The van der Waals surface area contributed by atoms with E-state index in [1.54, 1.807) is 23.7 Å². The number of nitrogens with one attached hydrogen (secondary N) is 1. The molecule has 1 amide bonds. The van der Waals surface area contributed by atoms with E-state index in [4.69, 9.17) is 4.74 Å². The number of amides is 1. The molecule has 0 aromatic heterocycles. The zero-order valence-corrected chi connectivity index (χ0v) is 18.6. The third-order valence-corrected chi connectivity index (χ3v) is 4.98. The number of fused-ring (bicyclic) bond motifs is 1. The Labute approximate surface area is 159 Å². The van der Waals surface area contributed by atoms with Gasteiger partial charge in [-0.15, -0.1) is 11.8 Å². The average molecular weight is 577 g/mol. The zero-order valence-electron chi connectivity index (χ0n) is 12.1. The molecule has 2 unspecified atom stereocenters. The maximum atomic E-state index is 12.5. The Kier molecular flexibility index (Phi) is 10.6. The first-order valence-electron chi connectivity index (χ1n) is 6.71. The molecule has 2 aliphatic rings. The molecule has 5 nitrogen and oxygen atoms in total. The number of methoxy groups -OCH3 is 1. The molecule has 0 saturated carbocycles. The molecular weight excluding hydrogens is 557 g/mol. The van der Waals surface area contributed by atoms with Crippen LogP contribution in [0.4, 0.5) is 0 Å². The molecule has 0 aromatic rings. The molecule has 121 valence electrons. The van der Waals surface area contributed by atoms with Gasteiger partial charge in [0.05, 0.1) is 18.5 Å². The predicted octanol–water partition coefficient (Wildman–Crippen LogP) is 2.36. The van der Waals surface area contributed by atoms with Gasteiger partial charge in [-0.05, 0) is 38.5 Å². The first-order valence-corrected chi connectivity index (χ1v) is 16.8. The summed E-state index contributed by atoms with van der Waals surface area (Å²) in [5.74, 6) is 0.708. The molecule has 0 aliphatic carbocycles. The van der Waals surface area contributed by atoms with Gasteiger partial charge < -0.3 is 15.0 Å². The molecule has 2 saturated heterocycles. The molecule has 2 fully saturated rings. The molecule has 0 aromatic carbocycles. The van der Waals surface area contributed by atoms with E-state index in [9.17, 15) is 9.59 Å². The van der Waals surface area contributed by atoms with Gasteiger partial charge in [-0.2, -0.15) is 0 Å². The first kappa shape index (κ1) is 20.3. The minimum atomic E-state index is -0.400. The Morgan fingerprint density at radius 1 is 1.43 bits per heavy atom. The van der Waals surface area contributed by atoms with Crippen LogP contribution in [0.5, 0.6) is 0 Å². The van der Waals surface area contributed by atoms with Crippen molar-refractivity contribution in [2.24, 2.45) is 0 Å². The third kappa shape index (κ3) is 5.70. The summed E-state index contributed by atoms with van der Waals surface area (Å²) in [6.45, 7) is 0. The van der Waals surface area contributed by atoms with Crippen molar-refractivity contribution >= 4 is 63.6 Å². The minimum absolute atomic E-state index is 0.0441. The van der Waals surface area contributed by atoms with Gasteiger partial charge in [-0.25, -0.2) is 4.79 Å². The molecule has 3 atom stereocenters. The molecule has 0 radical (unpaired) electrons. The summed E-state index contributed by atoms with van der Waals surface area (Å²) in [5.41, 5.74) is 0. The normalized spacial score (nSPS) is 28.7. The number of carbonyl (C=O) groups excluding carboxylic acids is 2. The summed E-state index contributed by atoms with van der Waals surface area (Å²) >= 11 is 6.52. The van der Waals surface area contributed by atoms with E-state index in [1.165, 1.54) is 7.11 Å². The van der Waals surface area contributed by atoms with E-state index in [2.05, 4.69) is 45.3 Å². The standard InChI is InChI=1S/C12H20N2O3S.2HI.V/c1-13-8-6-7-18-10-5-3-4-9(12(16)17-2)14(10)11(8)15;;;/h8-10,13H,3-7H2,1-2H3;2*1H;/q;;;+2/p-2/t8-,9?,10?;;;/m0.../s1.